The normalized spacial score (nSPS) is 10.3. The van der Waals surface area contributed by atoms with Crippen molar-refractivity contribution in [3.05, 3.63) is 126 Å². The smallest absolute Gasteiger partial charge is 0.275 e. The van der Waals surface area contributed by atoms with E-state index in [9.17, 15) is 30.6 Å². The van der Waals surface area contributed by atoms with E-state index in [2.05, 4.69) is 0 Å². The molecule has 12 heteroatoms. The third-order valence-corrected chi connectivity index (χ3v) is 7.41. The third kappa shape index (κ3) is 4.69. The Morgan fingerprint density at radius 3 is 1.07 bits per heavy atom. The van der Waals surface area contributed by atoms with Gasteiger partial charge >= 0.3 is 0 Å². The molecule has 2 heterocycles. The molecule has 0 saturated heterocycles. The monoisotopic (exact) mass is 614 g/mol. The molecule has 0 fully saturated rings. The molecule has 210 valence electrons. The molecule has 5 rings (SSSR count). The van der Waals surface area contributed by atoms with Gasteiger partial charge in [0, 0.05) is 21.2 Å². The van der Waals surface area contributed by atoms with Gasteiger partial charge in [0.1, 0.15) is 58.2 Å². The van der Waals surface area contributed by atoms with E-state index in [0.717, 1.165) is 9.13 Å². The van der Waals surface area contributed by atoms with Crippen molar-refractivity contribution < 1.29 is 0 Å². The minimum Gasteiger partial charge on any atom is -0.384 e. The number of rotatable bonds is 4. The number of hydrogen-bond acceptors (Lipinski definition) is 8. The molecule has 3 aromatic carbocycles. The molecule has 4 N–H and O–H groups in total. The number of aromatic nitrogens is 2. The van der Waals surface area contributed by atoms with Crippen molar-refractivity contribution in [2.75, 3.05) is 11.5 Å². The highest BCUT2D eigenvalue weighted by molar-refractivity contribution is 6.31. The number of halogens is 2. The molecular weight excluding hydrogens is 599 g/mol. The number of nitrogen functional groups attached to an aromatic ring is 2. The average molecular weight is 615 g/mol. The van der Waals surface area contributed by atoms with Gasteiger partial charge in [0.25, 0.3) is 11.1 Å². The zero-order valence-corrected chi connectivity index (χ0v) is 23.9. The number of nitrogens with zero attached hydrogens (tertiary/aromatic N) is 6. The van der Waals surface area contributed by atoms with Gasteiger partial charge in [0.05, 0.1) is 11.4 Å². The van der Waals surface area contributed by atoms with Crippen LogP contribution < -0.4 is 22.6 Å². The molecule has 0 radical (unpaired) electrons. The summed E-state index contributed by atoms with van der Waals surface area (Å²) in [6.45, 7) is 0. The number of pyridine rings is 2. The van der Waals surface area contributed by atoms with E-state index in [4.69, 9.17) is 34.7 Å². The Balaban J connectivity index is 1.70. The lowest BCUT2D eigenvalue weighted by Crippen LogP contribution is -2.27. The number of benzene rings is 3. The Labute approximate surface area is 259 Å². The summed E-state index contributed by atoms with van der Waals surface area (Å²) in [6, 6.07) is 26.0. The quantitative estimate of drug-likeness (QED) is 0.273. The largest absolute Gasteiger partial charge is 0.384 e. The van der Waals surface area contributed by atoms with Crippen molar-refractivity contribution in [1.82, 2.24) is 9.13 Å². The second-order valence-electron chi connectivity index (χ2n) is 9.28. The number of anilines is 2. The van der Waals surface area contributed by atoms with Crippen molar-refractivity contribution >= 4 is 34.8 Å². The van der Waals surface area contributed by atoms with Gasteiger partial charge in [-0.25, -0.2) is 0 Å². The lowest BCUT2D eigenvalue weighted by Gasteiger charge is -2.18. The maximum Gasteiger partial charge on any atom is 0.275 e. The molecule has 0 bridgehead atoms. The standard InChI is InChI=1S/C32H16Cl2N8O2/c33-19-5-1-17(2-6-19)27-23(13-35)29(39)41(31(43)25(27)15-37)21-9-11-22(12-10-21)42-30(40)24(14-36)28(26(16-38)32(42)44)18-3-7-20(34)8-4-18/h1-12H,39-40H2. The van der Waals surface area contributed by atoms with Crippen LogP contribution in [0.5, 0.6) is 0 Å². The minimum absolute atomic E-state index is 0.0789. The van der Waals surface area contributed by atoms with Gasteiger partial charge in [-0.3, -0.25) is 18.7 Å². The van der Waals surface area contributed by atoms with Crippen molar-refractivity contribution in [3.63, 3.8) is 0 Å². The van der Waals surface area contributed by atoms with Crippen LogP contribution in [0.1, 0.15) is 22.3 Å². The second kappa shape index (κ2) is 11.5. The van der Waals surface area contributed by atoms with E-state index in [0.29, 0.717) is 21.2 Å². The number of nitriles is 4. The lowest BCUT2D eigenvalue weighted by molar-refractivity contribution is 0.972. The van der Waals surface area contributed by atoms with Crippen LogP contribution in [-0.2, 0) is 0 Å². The molecule has 0 saturated carbocycles. The number of hydrogen-bond donors (Lipinski definition) is 2. The summed E-state index contributed by atoms with van der Waals surface area (Å²) < 4.78 is 2.02. The Hall–Kier alpha value is -6.30. The van der Waals surface area contributed by atoms with Crippen molar-refractivity contribution in [3.8, 4) is 57.9 Å². The van der Waals surface area contributed by atoms with Gasteiger partial charge < -0.3 is 11.5 Å². The molecule has 0 aliphatic heterocycles. The van der Waals surface area contributed by atoms with Crippen molar-refractivity contribution in [1.29, 1.82) is 21.0 Å². The second-order valence-corrected chi connectivity index (χ2v) is 10.2. The minimum atomic E-state index is -0.774. The Morgan fingerprint density at radius 2 is 0.795 bits per heavy atom. The third-order valence-electron chi connectivity index (χ3n) is 6.91. The predicted octanol–water partition coefficient (Wildman–Crippen LogP) is 5.28. The maximum absolute atomic E-state index is 13.5. The van der Waals surface area contributed by atoms with Gasteiger partial charge in [-0.1, -0.05) is 47.5 Å². The van der Waals surface area contributed by atoms with Crippen LogP contribution in [0.25, 0.3) is 33.6 Å². The highest BCUT2D eigenvalue weighted by atomic mass is 35.5. The van der Waals surface area contributed by atoms with Gasteiger partial charge in [-0.15, -0.1) is 0 Å². The molecule has 0 aliphatic carbocycles. The zero-order chi connectivity index (χ0) is 31.7. The van der Waals surface area contributed by atoms with Crippen LogP contribution in [0.3, 0.4) is 0 Å². The first kappa shape index (κ1) is 29.2. The van der Waals surface area contributed by atoms with Gasteiger partial charge in [-0.2, -0.15) is 21.0 Å². The Kier molecular flexibility index (Phi) is 7.65. The summed E-state index contributed by atoms with van der Waals surface area (Å²) in [5.41, 5.74) is 11.6. The molecule has 0 spiro atoms. The molecule has 0 atom stereocenters. The highest BCUT2D eigenvalue weighted by Crippen LogP contribution is 2.33. The first-order valence-corrected chi connectivity index (χ1v) is 13.3. The van der Waals surface area contributed by atoms with Crippen molar-refractivity contribution in [2.24, 2.45) is 0 Å². The van der Waals surface area contributed by atoms with Crippen LogP contribution in [0, 0.1) is 45.3 Å². The van der Waals surface area contributed by atoms with Crippen molar-refractivity contribution in [2.45, 2.75) is 0 Å². The van der Waals surface area contributed by atoms with Gasteiger partial charge in [-0.05, 0) is 59.7 Å². The maximum atomic E-state index is 13.5. The topological polar surface area (TPSA) is 191 Å². The molecule has 10 nitrogen and oxygen atoms in total. The van der Waals surface area contributed by atoms with E-state index in [1.807, 2.05) is 24.3 Å². The average Bonchev–Trinajstić information content (AvgIpc) is 3.02. The summed E-state index contributed by atoms with van der Waals surface area (Å²) >= 11 is 12.0. The summed E-state index contributed by atoms with van der Waals surface area (Å²) in [6.07, 6.45) is 0. The fraction of sp³-hybridized carbons (Fsp3) is 0. The fourth-order valence-corrected chi connectivity index (χ4v) is 5.15. The van der Waals surface area contributed by atoms with Crippen LogP contribution in [-0.4, -0.2) is 9.13 Å². The van der Waals surface area contributed by atoms with Crippen LogP contribution in [0.2, 0.25) is 10.0 Å². The molecular formula is C32H16Cl2N8O2. The summed E-state index contributed by atoms with van der Waals surface area (Å²) in [5.74, 6) is -0.423. The molecule has 44 heavy (non-hydrogen) atoms. The van der Waals surface area contributed by atoms with E-state index in [1.165, 1.54) is 24.3 Å². The Bertz CT molecular complexity index is 2110. The van der Waals surface area contributed by atoms with Crippen LogP contribution >= 0.6 is 23.2 Å². The summed E-state index contributed by atoms with van der Waals surface area (Å²) in [5, 5.41) is 40.6. The zero-order valence-electron chi connectivity index (χ0n) is 22.3. The highest BCUT2D eigenvalue weighted by Gasteiger charge is 2.25. The molecule has 5 aromatic rings. The predicted molar refractivity (Wildman–Crippen MR) is 166 cm³/mol. The van der Waals surface area contributed by atoms with Gasteiger partial charge in [0.15, 0.2) is 0 Å². The van der Waals surface area contributed by atoms with Crippen LogP contribution in [0.15, 0.2) is 82.4 Å². The lowest BCUT2D eigenvalue weighted by atomic mass is 9.96. The molecule has 0 aliphatic rings. The van der Waals surface area contributed by atoms with Gasteiger partial charge in [0.2, 0.25) is 0 Å². The van der Waals surface area contributed by atoms with E-state index in [1.54, 1.807) is 48.5 Å². The molecule has 0 amide bonds. The number of nitrogens with two attached hydrogens (primary N) is 2. The first-order valence-electron chi connectivity index (χ1n) is 12.6. The van der Waals surface area contributed by atoms with Crippen LogP contribution in [0.4, 0.5) is 11.6 Å². The van der Waals surface area contributed by atoms with E-state index in [-0.39, 0.29) is 56.4 Å². The molecule has 2 aromatic heterocycles. The first-order chi connectivity index (χ1) is 21.2. The molecule has 0 unspecified atom stereocenters. The summed E-state index contributed by atoms with van der Waals surface area (Å²) in [4.78, 5) is 27.1. The van der Waals surface area contributed by atoms with E-state index >= 15 is 0 Å². The van der Waals surface area contributed by atoms with E-state index < -0.39 is 11.1 Å². The summed E-state index contributed by atoms with van der Waals surface area (Å²) in [7, 11) is 0. The SMILES string of the molecule is N#Cc1c(-c2ccc(Cl)cc2)c(C#N)c(=O)n(-c2ccc(-n3c(N)c(C#N)c(-c4ccc(Cl)cc4)c(C#N)c3=O)cc2)c1N. The fourth-order valence-electron chi connectivity index (χ4n) is 4.89. The Morgan fingerprint density at radius 1 is 0.500 bits per heavy atom.